The first-order valence-corrected chi connectivity index (χ1v) is 9.21. The maximum atomic E-state index is 12.3. The van der Waals surface area contributed by atoms with Gasteiger partial charge in [-0.05, 0) is 35.9 Å². The van der Waals surface area contributed by atoms with Gasteiger partial charge < -0.3 is 0 Å². The first-order chi connectivity index (χ1) is 11.9. The third kappa shape index (κ3) is 7.19. The number of hydroxylamine groups is 1. The molecule has 0 unspecified atom stereocenters. The highest BCUT2D eigenvalue weighted by Gasteiger charge is 2.13. The maximum Gasteiger partial charge on any atom is 0.267 e. The summed E-state index contributed by atoms with van der Waals surface area (Å²) in [7, 11) is -3.71. The van der Waals surface area contributed by atoms with E-state index >= 15 is 0 Å². The van der Waals surface area contributed by atoms with Crippen molar-refractivity contribution in [3.05, 3.63) is 66.2 Å². The van der Waals surface area contributed by atoms with Crippen LogP contribution in [0.15, 0.2) is 65.6 Å². The van der Waals surface area contributed by atoms with E-state index in [1.165, 1.54) is 30.1 Å². The van der Waals surface area contributed by atoms with Crippen LogP contribution < -0.4 is 10.2 Å². The molecule has 0 spiro atoms. The van der Waals surface area contributed by atoms with Crippen LogP contribution in [0.25, 0.3) is 6.08 Å². The topological polar surface area (TPSA) is 95.5 Å². The van der Waals surface area contributed by atoms with E-state index in [1.807, 2.05) is 0 Å². The molecule has 0 heterocycles. The molecule has 0 radical (unpaired) electrons. The Morgan fingerprint density at radius 2 is 1.72 bits per heavy atom. The molecular formula is C18H22N2O4S. The number of nitrogens with one attached hydrogen (secondary N) is 2. The van der Waals surface area contributed by atoms with Crippen LogP contribution in [0.5, 0.6) is 0 Å². The van der Waals surface area contributed by atoms with Gasteiger partial charge in [0.25, 0.3) is 15.9 Å². The Bertz CT molecular complexity index is 803. The number of carbonyl (C=O) groups excluding carboxylic acids is 1. The van der Waals surface area contributed by atoms with Gasteiger partial charge in [0.05, 0.1) is 4.90 Å². The predicted molar refractivity (Wildman–Crippen MR) is 98.6 cm³/mol. The Hall–Kier alpha value is -2.64. The van der Waals surface area contributed by atoms with Crippen LogP contribution >= 0.6 is 0 Å². The number of sulfonamides is 1. The van der Waals surface area contributed by atoms with Gasteiger partial charge in [-0.2, -0.15) is 0 Å². The van der Waals surface area contributed by atoms with Crippen LogP contribution in [0.4, 0.5) is 5.69 Å². The molecule has 25 heavy (non-hydrogen) atoms. The number of anilines is 1. The third-order valence-electron chi connectivity index (χ3n) is 2.73. The van der Waals surface area contributed by atoms with Gasteiger partial charge in [0.2, 0.25) is 0 Å². The molecular weight excluding hydrogens is 340 g/mol. The summed E-state index contributed by atoms with van der Waals surface area (Å²) < 4.78 is 27.1. The van der Waals surface area contributed by atoms with E-state index in [1.54, 1.807) is 42.5 Å². The lowest BCUT2D eigenvalue weighted by Crippen LogP contribution is -2.15. The van der Waals surface area contributed by atoms with Crippen molar-refractivity contribution in [3.8, 4) is 0 Å². The van der Waals surface area contributed by atoms with Crippen LogP contribution in [0, 0.1) is 0 Å². The molecule has 1 amide bonds. The molecule has 2 aromatic rings. The second-order valence-electron chi connectivity index (χ2n) is 5.06. The molecule has 0 aliphatic carbocycles. The summed E-state index contributed by atoms with van der Waals surface area (Å²) in [5, 5.41) is 8.40. The molecule has 2 rings (SSSR count). The zero-order valence-electron chi connectivity index (χ0n) is 14.1. The third-order valence-corrected chi connectivity index (χ3v) is 4.11. The zero-order chi connectivity index (χ0) is 18.7. The number of rotatable bonds is 5. The van der Waals surface area contributed by atoms with Crippen LogP contribution in [0.1, 0.15) is 25.8 Å². The van der Waals surface area contributed by atoms with Crippen molar-refractivity contribution in [3.63, 3.8) is 0 Å². The van der Waals surface area contributed by atoms with Crippen molar-refractivity contribution >= 4 is 27.7 Å². The number of hydrogen-bond donors (Lipinski definition) is 3. The zero-order valence-corrected chi connectivity index (χ0v) is 15.0. The lowest BCUT2D eigenvalue weighted by Gasteiger charge is -2.08. The Morgan fingerprint density at radius 1 is 1.08 bits per heavy atom. The summed E-state index contributed by atoms with van der Waals surface area (Å²) >= 11 is 0. The summed E-state index contributed by atoms with van der Waals surface area (Å²) in [4.78, 5) is 11.0. The number of hydrogen-bond acceptors (Lipinski definition) is 4. The van der Waals surface area contributed by atoms with Crippen molar-refractivity contribution in [1.29, 1.82) is 0 Å². The highest BCUT2D eigenvalue weighted by atomic mass is 32.2. The Labute approximate surface area is 148 Å². The highest BCUT2D eigenvalue weighted by Crippen LogP contribution is 2.17. The Morgan fingerprint density at radius 3 is 2.32 bits per heavy atom. The normalized spacial score (nSPS) is 10.7. The van der Waals surface area contributed by atoms with Gasteiger partial charge in [-0.15, -0.1) is 0 Å². The standard InChI is InChI=1S/C15H14N2O4S.C3H8/c18-15(16-19)10-9-12-5-4-8-14(11-12)22(20,21)17-13-6-2-1-3-7-13;1-3-2/h1-11,17,19H,(H,16,18);3H2,1-2H3/b10-9+;. The van der Waals surface area contributed by atoms with Gasteiger partial charge in [-0.3, -0.25) is 14.7 Å². The Balaban J connectivity index is 0.000000970. The van der Waals surface area contributed by atoms with Gasteiger partial charge in [0.15, 0.2) is 0 Å². The van der Waals surface area contributed by atoms with E-state index in [2.05, 4.69) is 18.6 Å². The second-order valence-corrected chi connectivity index (χ2v) is 6.74. The van der Waals surface area contributed by atoms with Crippen LogP contribution in [-0.4, -0.2) is 19.5 Å². The first kappa shape index (κ1) is 20.4. The van der Waals surface area contributed by atoms with Crippen molar-refractivity contribution in [1.82, 2.24) is 5.48 Å². The summed E-state index contributed by atoms with van der Waals surface area (Å²) in [6.45, 7) is 4.25. The molecule has 0 saturated heterocycles. The number of carbonyl (C=O) groups is 1. The summed E-state index contributed by atoms with van der Waals surface area (Å²) in [5.41, 5.74) is 2.43. The molecule has 134 valence electrons. The van der Waals surface area contributed by atoms with E-state index < -0.39 is 15.9 Å². The predicted octanol–water partition coefficient (Wildman–Crippen LogP) is 3.42. The van der Waals surface area contributed by atoms with Crippen LogP contribution in [-0.2, 0) is 14.8 Å². The van der Waals surface area contributed by atoms with E-state index in [0.717, 1.165) is 6.08 Å². The molecule has 7 heteroatoms. The molecule has 0 aliphatic heterocycles. The Kier molecular flexibility index (Phi) is 8.38. The number of para-hydroxylation sites is 1. The lowest BCUT2D eigenvalue weighted by molar-refractivity contribution is -0.124. The van der Waals surface area contributed by atoms with Crippen LogP contribution in [0.3, 0.4) is 0 Å². The fourth-order valence-electron chi connectivity index (χ4n) is 1.71. The minimum Gasteiger partial charge on any atom is -0.288 e. The van der Waals surface area contributed by atoms with E-state index in [-0.39, 0.29) is 4.90 Å². The first-order valence-electron chi connectivity index (χ1n) is 7.73. The quantitative estimate of drug-likeness (QED) is 0.431. The second kappa shape index (κ2) is 10.3. The van der Waals surface area contributed by atoms with Gasteiger partial charge >= 0.3 is 0 Å². The summed E-state index contributed by atoms with van der Waals surface area (Å²) in [6, 6.07) is 14.6. The molecule has 3 N–H and O–H groups in total. The molecule has 0 aromatic heterocycles. The van der Waals surface area contributed by atoms with Gasteiger partial charge in [0.1, 0.15) is 0 Å². The smallest absolute Gasteiger partial charge is 0.267 e. The average Bonchev–Trinajstić information content (AvgIpc) is 2.61. The van der Waals surface area contributed by atoms with Gasteiger partial charge in [0, 0.05) is 11.8 Å². The highest BCUT2D eigenvalue weighted by molar-refractivity contribution is 7.92. The molecule has 6 nitrogen and oxygen atoms in total. The maximum absolute atomic E-state index is 12.3. The van der Waals surface area contributed by atoms with Crippen molar-refractivity contribution < 1.29 is 18.4 Å². The molecule has 0 atom stereocenters. The largest absolute Gasteiger partial charge is 0.288 e. The SMILES string of the molecule is CCC.O=C(/C=C/c1cccc(S(=O)(=O)Nc2ccccc2)c1)NO. The summed E-state index contributed by atoms with van der Waals surface area (Å²) in [6.07, 6.45) is 3.74. The van der Waals surface area contributed by atoms with Crippen LogP contribution in [0.2, 0.25) is 0 Å². The molecule has 0 fully saturated rings. The number of amides is 1. The molecule has 0 saturated carbocycles. The molecule has 2 aromatic carbocycles. The van der Waals surface area contributed by atoms with Gasteiger partial charge in [-0.1, -0.05) is 50.6 Å². The average molecular weight is 362 g/mol. The van der Waals surface area contributed by atoms with E-state index in [9.17, 15) is 13.2 Å². The van der Waals surface area contributed by atoms with Crippen molar-refractivity contribution in [2.24, 2.45) is 0 Å². The fraction of sp³-hybridized carbons (Fsp3) is 0.167. The fourth-order valence-corrected chi connectivity index (χ4v) is 2.83. The van der Waals surface area contributed by atoms with E-state index in [0.29, 0.717) is 11.3 Å². The molecule has 0 bridgehead atoms. The van der Waals surface area contributed by atoms with E-state index in [4.69, 9.17) is 5.21 Å². The number of benzene rings is 2. The molecule has 0 aliphatic rings. The summed E-state index contributed by atoms with van der Waals surface area (Å²) in [5.74, 6) is -0.698. The minimum absolute atomic E-state index is 0.0721. The minimum atomic E-state index is -3.71. The lowest BCUT2D eigenvalue weighted by atomic mass is 10.2. The van der Waals surface area contributed by atoms with Gasteiger partial charge in [-0.25, -0.2) is 13.9 Å². The monoisotopic (exact) mass is 362 g/mol. The van der Waals surface area contributed by atoms with Crippen molar-refractivity contribution in [2.75, 3.05) is 4.72 Å². The van der Waals surface area contributed by atoms with Crippen molar-refractivity contribution in [2.45, 2.75) is 25.2 Å².